The van der Waals surface area contributed by atoms with E-state index in [0.717, 1.165) is 38.5 Å². The molecule has 0 aliphatic rings. The highest BCUT2D eigenvalue weighted by Crippen LogP contribution is 2.16. The van der Waals surface area contributed by atoms with Gasteiger partial charge in [-0.1, -0.05) is 58.6 Å². The molecule has 1 aromatic carbocycles. The fourth-order valence-corrected chi connectivity index (χ4v) is 2.40. The van der Waals surface area contributed by atoms with Gasteiger partial charge in [-0.15, -0.1) is 0 Å². The molecule has 134 valence electrons. The van der Waals surface area contributed by atoms with Crippen molar-refractivity contribution in [1.82, 2.24) is 0 Å². The summed E-state index contributed by atoms with van der Waals surface area (Å²) < 4.78 is 10.7. The number of unbranched alkanes of at least 4 members (excludes halogenated alkanes) is 2. The maximum atomic E-state index is 12.4. The highest BCUT2D eigenvalue weighted by atomic mass is 16.5. The Morgan fingerprint density at radius 1 is 0.917 bits per heavy atom. The summed E-state index contributed by atoms with van der Waals surface area (Å²) in [7, 11) is 0. The van der Waals surface area contributed by atoms with Crippen molar-refractivity contribution in [1.29, 1.82) is 0 Å². The van der Waals surface area contributed by atoms with Crippen LogP contribution in [0.3, 0.4) is 0 Å². The van der Waals surface area contributed by atoms with Crippen LogP contribution in [0.4, 0.5) is 0 Å². The Morgan fingerprint density at radius 3 is 2.04 bits per heavy atom. The van der Waals surface area contributed by atoms with Gasteiger partial charge in [-0.25, -0.2) is 9.59 Å². The number of benzene rings is 1. The lowest BCUT2D eigenvalue weighted by molar-refractivity contribution is 0.0405. The van der Waals surface area contributed by atoms with Crippen molar-refractivity contribution in [2.75, 3.05) is 13.2 Å². The van der Waals surface area contributed by atoms with Crippen LogP contribution in [-0.4, -0.2) is 25.2 Å². The van der Waals surface area contributed by atoms with Gasteiger partial charge in [0.2, 0.25) is 0 Å². The molecule has 0 saturated carbocycles. The Morgan fingerprint density at radius 2 is 1.50 bits per heavy atom. The molecule has 0 aliphatic heterocycles. The average Bonchev–Trinajstić information content (AvgIpc) is 2.61. The second-order valence-corrected chi connectivity index (χ2v) is 6.05. The summed E-state index contributed by atoms with van der Waals surface area (Å²) >= 11 is 0. The Balaban J connectivity index is 2.68. The van der Waals surface area contributed by atoms with Gasteiger partial charge in [0.05, 0.1) is 24.3 Å². The standard InChI is InChI=1S/C20H30O4/c1-4-7-11-16(6-3)15-24-20(22)18-13-10-9-12-17(18)19(21)23-14-8-5-2/h9-10,12-13,16H,4-8,11,14-15H2,1-3H3/t16-/m1/s1. The van der Waals surface area contributed by atoms with Crippen LogP contribution < -0.4 is 0 Å². The molecule has 4 nitrogen and oxygen atoms in total. The first-order chi connectivity index (χ1) is 11.6. The van der Waals surface area contributed by atoms with Gasteiger partial charge in [-0.05, 0) is 30.9 Å². The number of ether oxygens (including phenoxy) is 2. The first-order valence-electron chi connectivity index (χ1n) is 9.07. The van der Waals surface area contributed by atoms with Crippen molar-refractivity contribution in [2.24, 2.45) is 5.92 Å². The monoisotopic (exact) mass is 334 g/mol. The zero-order valence-corrected chi connectivity index (χ0v) is 15.2. The van der Waals surface area contributed by atoms with Crippen LogP contribution in [0.25, 0.3) is 0 Å². The second kappa shape index (κ2) is 11.7. The number of rotatable bonds is 11. The molecule has 1 aromatic rings. The van der Waals surface area contributed by atoms with Crippen LogP contribution >= 0.6 is 0 Å². The maximum Gasteiger partial charge on any atom is 0.339 e. The molecular formula is C20H30O4. The third-order valence-corrected chi connectivity index (χ3v) is 4.09. The highest BCUT2D eigenvalue weighted by molar-refractivity contribution is 6.03. The van der Waals surface area contributed by atoms with E-state index in [1.165, 1.54) is 0 Å². The summed E-state index contributed by atoms with van der Waals surface area (Å²) in [4.78, 5) is 24.5. The molecule has 0 amide bonds. The Hall–Kier alpha value is -1.84. The summed E-state index contributed by atoms with van der Waals surface area (Å²) in [6, 6.07) is 6.68. The fourth-order valence-electron chi connectivity index (χ4n) is 2.40. The molecule has 0 saturated heterocycles. The zero-order chi connectivity index (χ0) is 17.8. The number of hydrogen-bond donors (Lipinski definition) is 0. The van der Waals surface area contributed by atoms with Crippen LogP contribution in [0.1, 0.15) is 80.0 Å². The van der Waals surface area contributed by atoms with Crippen molar-refractivity contribution >= 4 is 11.9 Å². The van der Waals surface area contributed by atoms with Gasteiger partial charge in [0.25, 0.3) is 0 Å². The van der Waals surface area contributed by atoms with Crippen molar-refractivity contribution in [3.63, 3.8) is 0 Å². The number of esters is 2. The van der Waals surface area contributed by atoms with Crippen molar-refractivity contribution < 1.29 is 19.1 Å². The van der Waals surface area contributed by atoms with E-state index in [0.29, 0.717) is 19.1 Å². The SMILES string of the molecule is CCCCOC(=O)c1ccccc1C(=O)OC[C@H](CC)CCCC. The van der Waals surface area contributed by atoms with Gasteiger partial charge in [-0.3, -0.25) is 0 Å². The average molecular weight is 334 g/mol. The molecule has 24 heavy (non-hydrogen) atoms. The smallest absolute Gasteiger partial charge is 0.339 e. The normalized spacial score (nSPS) is 11.8. The molecule has 4 heteroatoms. The molecule has 0 N–H and O–H groups in total. The third-order valence-electron chi connectivity index (χ3n) is 4.09. The zero-order valence-electron chi connectivity index (χ0n) is 15.2. The first-order valence-corrected chi connectivity index (χ1v) is 9.07. The van der Waals surface area contributed by atoms with Gasteiger partial charge >= 0.3 is 11.9 Å². The third kappa shape index (κ3) is 6.73. The van der Waals surface area contributed by atoms with E-state index in [4.69, 9.17) is 9.47 Å². The minimum absolute atomic E-state index is 0.278. The molecule has 0 heterocycles. The van der Waals surface area contributed by atoms with Crippen LogP contribution in [0.5, 0.6) is 0 Å². The molecule has 0 fully saturated rings. The molecule has 0 spiro atoms. The number of hydrogen-bond acceptors (Lipinski definition) is 4. The minimum Gasteiger partial charge on any atom is -0.462 e. The Labute approximate surface area is 145 Å². The second-order valence-electron chi connectivity index (χ2n) is 6.05. The molecule has 0 aromatic heterocycles. The molecule has 0 aliphatic carbocycles. The van der Waals surface area contributed by atoms with E-state index in [2.05, 4.69) is 13.8 Å². The van der Waals surface area contributed by atoms with Crippen molar-refractivity contribution in [3.05, 3.63) is 35.4 Å². The lowest BCUT2D eigenvalue weighted by atomic mass is 10.0. The van der Waals surface area contributed by atoms with E-state index in [-0.39, 0.29) is 11.1 Å². The lowest BCUT2D eigenvalue weighted by Crippen LogP contribution is -2.17. The van der Waals surface area contributed by atoms with Gasteiger partial charge in [0, 0.05) is 0 Å². The molecular weight excluding hydrogens is 304 g/mol. The van der Waals surface area contributed by atoms with Gasteiger partial charge < -0.3 is 9.47 Å². The summed E-state index contributed by atoms with van der Waals surface area (Å²) in [5.74, 6) is -0.542. The quantitative estimate of drug-likeness (QED) is 0.421. The molecule has 0 radical (unpaired) electrons. The van der Waals surface area contributed by atoms with Crippen molar-refractivity contribution in [2.45, 2.75) is 59.3 Å². The molecule has 1 rings (SSSR count). The number of carbonyl (C=O) groups excluding carboxylic acids is 2. The van der Waals surface area contributed by atoms with Crippen molar-refractivity contribution in [3.8, 4) is 0 Å². The summed E-state index contributed by atoms with van der Waals surface area (Å²) in [5.41, 5.74) is 0.560. The van der Waals surface area contributed by atoms with Crippen LogP contribution in [0.15, 0.2) is 24.3 Å². The summed E-state index contributed by atoms with van der Waals surface area (Å²) in [6.45, 7) is 7.05. The molecule has 1 atom stereocenters. The first kappa shape index (κ1) is 20.2. The Kier molecular flexibility index (Phi) is 9.81. The summed E-state index contributed by atoms with van der Waals surface area (Å²) in [5, 5.41) is 0. The van der Waals surface area contributed by atoms with Crippen LogP contribution in [0, 0.1) is 5.92 Å². The van der Waals surface area contributed by atoms with Gasteiger partial charge in [0.1, 0.15) is 0 Å². The molecule has 0 bridgehead atoms. The highest BCUT2D eigenvalue weighted by Gasteiger charge is 2.19. The van der Waals surface area contributed by atoms with Crippen LogP contribution in [-0.2, 0) is 9.47 Å². The predicted molar refractivity (Wildman–Crippen MR) is 95.2 cm³/mol. The fraction of sp³-hybridized carbons (Fsp3) is 0.600. The summed E-state index contributed by atoms with van der Waals surface area (Å²) in [6.07, 6.45) is 6.07. The lowest BCUT2D eigenvalue weighted by Gasteiger charge is -2.15. The van der Waals surface area contributed by atoms with Gasteiger partial charge in [-0.2, -0.15) is 0 Å². The van der Waals surface area contributed by atoms with Gasteiger partial charge in [0.15, 0.2) is 0 Å². The molecule has 0 unspecified atom stereocenters. The Bertz CT molecular complexity index is 510. The van der Waals surface area contributed by atoms with E-state index in [1.807, 2.05) is 6.92 Å². The maximum absolute atomic E-state index is 12.4. The minimum atomic E-state index is -0.464. The van der Waals surface area contributed by atoms with E-state index in [9.17, 15) is 9.59 Å². The van der Waals surface area contributed by atoms with Crippen LogP contribution in [0.2, 0.25) is 0 Å². The van der Waals surface area contributed by atoms with E-state index < -0.39 is 11.9 Å². The topological polar surface area (TPSA) is 52.6 Å². The largest absolute Gasteiger partial charge is 0.462 e. The van der Waals surface area contributed by atoms with E-state index in [1.54, 1.807) is 24.3 Å². The predicted octanol–water partition coefficient (Wildman–Crippen LogP) is 5.02. The number of carbonyl (C=O) groups is 2. The van der Waals surface area contributed by atoms with E-state index >= 15 is 0 Å².